The maximum Gasteiger partial charge on any atom is 0.201 e. The smallest absolute Gasteiger partial charge is 0.201 e. The Hall–Kier alpha value is -2.60. The lowest BCUT2D eigenvalue weighted by Gasteiger charge is -2.07. The first kappa shape index (κ1) is 11.5. The van der Waals surface area contributed by atoms with Gasteiger partial charge in [-0.3, -0.25) is 10.1 Å². The second-order valence-electron chi connectivity index (χ2n) is 4.02. The third kappa shape index (κ3) is 2.34. The number of aromatic amines is 1. The van der Waals surface area contributed by atoms with Crippen molar-refractivity contribution in [2.24, 2.45) is 5.73 Å². The monoisotopic (exact) mass is 252 g/mol. The van der Waals surface area contributed by atoms with Crippen LogP contribution >= 0.6 is 0 Å². The van der Waals surface area contributed by atoms with Crippen LogP contribution in [0.4, 0.5) is 0 Å². The van der Waals surface area contributed by atoms with E-state index in [1.165, 1.54) is 0 Å². The van der Waals surface area contributed by atoms with E-state index in [2.05, 4.69) is 25.1 Å². The number of hydrogen-bond acceptors (Lipinski definition) is 5. The SMILES string of the molecule is N[C@H](c1ccccc1)c1nc(-c2cnccn2)n[nH]1. The van der Waals surface area contributed by atoms with Crippen molar-refractivity contribution in [3.05, 3.63) is 60.3 Å². The molecule has 6 nitrogen and oxygen atoms in total. The van der Waals surface area contributed by atoms with Crippen LogP contribution in [0.15, 0.2) is 48.9 Å². The average Bonchev–Trinajstić information content (AvgIpc) is 2.98. The summed E-state index contributed by atoms with van der Waals surface area (Å²) < 4.78 is 0. The number of aromatic nitrogens is 5. The highest BCUT2D eigenvalue weighted by atomic mass is 15.2. The maximum atomic E-state index is 6.14. The summed E-state index contributed by atoms with van der Waals surface area (Å²) in [7, 11) is 0. The summed E-state index contributed by atoms with van der Waals surface area (Å²) >= 11 is 0. The average molecular weight is 252 g/mol. The second kappa shape index (κ2) is 4.95. The van der Waals surface area contributed by atoms with Crippen LogP contribution in [-0.4, -0.2) is 25.1 Å². The highest BCUT2D eigenvalue weighted by molar-refractivity contribution is 5.46. The van der Waals surface area contributed by atoms with Gasteiger partial charge in [0.15, 0.2) is 0 Å². The fourth-order valence-electron chi connectivity index (χ4n) is 1.76. The van der Waals surface area contributed by atoms with Crippen molar-refractivity contribution in [2.45, 2.75) is 6.04 Å². The molecular weight excluding hydrogens is 240 g/mol. The molecule has 0 saturated carbocycles. The Balaban J connectivity index is 1.90. The van der Waals surface area contributed by atoms with E-state index in [9.17, 15) is 0 Å². The molecule has 6 heteroatoms. The molecule has 0 aliphatic carbocycles. The molecule has 0 amide bonds. The molecule has 3 aromatic rings. The Morgan fingerprint density at radius 1 is 1.11 bits per heavy atom. The molecule has 19 heavy (non-hydrogen) atoms. The Labute approximate surface area is 109 Å². The second-order valence-corrected chi connectivity index (χ2v) is 4.02. The van der Waals surface area contributed by atoms with Gasteiger partial charge in [0.25, 0.3) is 0 Å². The van der Waals surface area contributed by atoms with Gasteiger partial charge in [0.2, 0.25) is 5.82 Å². The minimum atomic E-state index is -0.334. The highest BCUT2D eigenvalue weighted by Gasteiger charge is 2.14. The lowest BCUT2D eigenvalue weighted by atomic mass is 10.1. The van der Waals surface area contributed by atoms with Gasteiger partial charge in [-0.15, -0.1) is 0 Å². The molecule has 0 saturated heterocycles. The Bertz CT molecular complexity index is 649. The van der Waals surface area contributed by atoms with Crippen molar-refractivity contribution < 1.29 is 0 Å². The molecule has 3 N–H and O–H groups in total. The van der Waals surface area contributed by atoms with Crippen molar-refractivity contribution in [1.29, 1.82) is 0 Å². The number of H-pyrrole nitrogens is 1. The number of hydrogen-bond donors (Lipinski definition) is 2. The van der Waals surface area contributed by atoms with Crippen LogP contribution in [0.3, 0.4) is 0 Å². The first-order chi connectivity index (χ1) is 9.34. The predicted molar refractivity (Wildman–Crippen MR) is 69.9 cm³/mol. The van der Waals surface area contributed by atoms with Gasteiger partial charge in [-0.1, -0.05) is 30.3 Å². The van der Waals surface area contributed by atoms with Crippen LogP contribution in [0, 0.1) is 0 Å². The summed E-state index contributed by atoms with van der Waals surface area (Å²) in [5.41, 5.74) is 7.73. The zero-order valence-electron chi connectivity index (χ0n) is 10.1. The summed E-state index contributed by atoms with van der Waals surface area (Å²) in [6.07, 6.45) is 4.82. The van der Waals surface area contributed by atoms with Crippen LogP contribution in [0.5, 0.6) is 0 Å². The third-order valence-electron chi connectivity index (χ3n) is 2.75. The van der Waals surface area contributed by atoms with Crippen LogP contribution in [0.1, 0.15) is 17.4 Å². The lowest BCUT2D eigenvalue weighted by molar-refractivity contribution is 0.787. The van der Waals surface area contributed by atoms with E-state index in [1.54, 1.807) is 18.6 Å². The Morgan fingerprint density at radius 3 is 2.68 bits per heavy atom. The van der Waals surface area contributed by atoms with Gasteiger partial charge in [-0.05, 0) is 5.56 Å². The van der Waals surface area contributed by atoms with Crippen LogP contribution < -0.4 is 5.73 Å². The molecule has 1 atom stereocenters. The summed E-state index contributed by atoms with van der Waals surface area (Å²) in [6.45, 7) is 0. The molecule has 0 aliphatic heterocycles. The number of benzene rings is 1. The summed E-state index contributed by atoms with van der Waals surface area (Å²) in [5, 5.41) is 6.96. The minimum absolute atomic E-state index is 0.334. The van der Waals surface area contributed by atoms with Crippen molar-refractivity contribution >= 4 is 0 Å². The van der Waals surface area contributed by atoms with Crippen LogP contribution in [-0.2, 0) is 0 Å². The molecule has 0 spiro atoms. The van der Waals surface area contributed by atoms with E-state index in [4.69, 9.17) is 5.73 Å². The maximum absolute atomic E-state index is 6.14. The van der Waals surface area contributed by atoms with Gasteiger partial charge in [-0.2, -0.15) is 5.10 Å². The Kier molecular flexibility index (Phi) is 2.99. The van der Waals surface area contributed by atoms with E-state index in [-0.39, 0.29) is 6.04 Å². The highest BCUT2D eigenvalue weighted by Crippen LogP contribution is 2.18. The fraction of sp³-hybridized carbons (Fsp3) is 0.0769. The van der Waals surface area contributed by atoms with Gasteiger partial charge in [0.05, 0.1) is 12.2 Å². The zero-order chi connectivity index (χ0) is 13.1. The van der Waals surface area contributed by atoms with Gasteiger partial charge < -0.3 is 5.73 Å². The molecule has 0 unspecified atom stereocenters. The van der Waals surface area contributed by atoms with Crippen molar-refractivity contribution in [3.63, 3.8) is 0 Å². The summed E-state index contributed by atoms with van der Waals surface area (Å²) in [5.74, 6) is 1.10. The van der Waals surface area contributed by atoms with Gasteiger partial charge >= 0.3 is 0 Å². The molecular formula is C13H12N6. The van der Waals surface area contributed by atoms with Gasteiger partial charge in [0.1, 0.15) is 11.5 Å². The van der Waals surface area contributed by atoms with Crippen molar-refractivity contribution in [2.75, 3.05) is 0 Å². The number of nitrogens with two attached hydrogens (primary N) is 1. The third-order valence-corrected chi connectivity index (χ3v) is 2.75. The van der Waals surface area contributed by atoms with Crippen molar-refractivity contribution in [3.8, 4) is 11.5 Å². The standard InChI is InChI=1S/C13H12N6/c14-11(9-4-2-1-3-5-9)13-17-12(18-19-13)10-8-15-6-7-16-10/h1-8,11H,14H2,(H,17,18,19)/t11-/m1/s1. The molecule has 2 aromatic heterocycles. The minimum Gasteiger partial charge on any atom is -0.318 e. The van der Waals surface area contributed by atoms with E-state index in [0.717, 1.165) is 5.56 Å². The van der Waals surface area contributed by atoms with Crippen LogP contribution in [0.25, 0.3) is 11.5 Å². The topological polar surface area (TPSA) is 93.4 Å². The quantitative estimate of drug-likeness (QED) is 0.733. The molecule has 0 radical (unpaired) electrons. The molecule has 2 heterocycles. The summed E-state index contributed by atoms with van der Waals surface area (Å²) in [4.78, 5) is 12.5. The largest absolute Gasteiger partial charge is 0.318 e. The van der Waals surface area contributed by atoms with Gasteiger partial charge in [0, 0.05) is 12.4 Å². The van der Waals surface area contributed by atoms with Crippen LogP contribution in [0.2, 0.25) is 0 Å². The molecule has 3 rings (SSSR count). The van der Waals surface area contributed by atoms with E-state index < -0.39 is 0 Å². The van der Waals surface area contributed by atoms with E-state index in [0.29, 0.717) is 17.3 Å². The van der Waals surface area contributed by atoms with Gasteiger partial charge in [-0.25, -0.2) is 9.97 Å². The molecule has 0 bridgehead atoms. The lowest BCUT2D eigenvalue weighted by Crippen LogP contribution is -2.13. The Morgan fingerprint density at radius 2 is 1.95 bits per heavy atom. The molecule has 0 fully saturated rings. The first-order valence-corrected chi connectivity index (χ1v) is 5.84. The summed E-state index contributed by atoms with van der Waals surface area (Å²) in [6, 6.07) is 9.40. The first-order valence-electron chi connectivity index (χ1n) is 5.84. The normalized spacial score (nSPS) is 12.3. The fourth-order valence-corrected chi connectivity index (χ4v) is 1.76. The zero-order valence-corrected chi connectivity index (χ0v) is 10.1. The van der Waals surface area contributed by atoms with E-state index in [1.807, 2.05) is 30.3 Å². The number of nitrogens with one attached hydrogen (secondary N) is 1. The molecule has 94 valence electrons. The number of rotatable bonds is 3. The van der Waals surface area contributed by atoms with E-state index >= 15 is 0 Å². The molecule has 1 aromatic carbocycles. The predicted octanol–water partition coefficient (Wildman–Crippen LogP) is 1.31. The van der Waals surface area contributed by atoms with Crippen molar-refractivity contribution in [1.82, 2.24) is 25.1 Å². The number of nitrogens with zero attached hydrogens (tertiary/aromatic N) is 4. The molecule has 0 aliphatic rings.